The van der Waals surface area contributed by atoms with Crippen molar-refractivity contribution in [3.8, 4) is 5.75 Å². The van der Waals surface area contributed by atoms with E-state index in [-0.39, 0.29) is 6.10 Å². The van der Waals surface area contributed by atoms with Crippen molar-refractivity contribution < 1.29 is 14.2 Å². The minimum Gasteiger partial charge on any atom is -0.496 e. The van der Waals surface area contributed by atoms with E-state index in [1.165, 1.54) is 0 Å². The van der Waals surface area contributed by atoms with E-state index in [4.69, 9.17) is 25.8 Å². The van der Waals surface area contributed by atoms with E-state index in [1.54, 1.807) is 7.11 Å². The van der Waals surface area contributed by atoms with Crippen LogP contribution in [-0.2, 0) is 16.0 Å². The largest absolute Gasteiger partial charge is 0.496 e. The van der Waals surface area contributed by atoms with Gasteiger partial charge < -0.3 is 19.5 Å². The van der Waals surface area contributed by atoms with Crippen LogP contribution in [0.4, 0.5) is 0 Å². The third kappa shape index (κ3) is 3.83. The van der Waals surface area contributed by atoms with Gasteiger partial charge in [0.05, 0.1) is 19.8 Å². The maximum absolute atomic E-state index is 6.17. The molecule has 0 aromatic heterocycles. The normalized spacial score (nSPS) is 21.6. The molecule has 19 heavy (non-hydrogen) atoms. The summed E-state index contributed by atoms with van der Waals surface area (Å²) in [6, 6.07) is 5.64. The van der Waals surface area contributed by atoms with Crippen LogP contribution in [0.2, 0.25) is 5.02 Å². The van der Waals surface area contributed by atoms with E-state index in [0.717, 1.165) is 17.9 Å². The van der Waals surface area contributed by atoms with Gasteiger partial charge in [0.15, 0.2) is 5.79 Å². The van der Waals surface area contributed by atoms with E-state index in [1.807, 2.05) is 32.0 Å². The van der Waals surface area contributed by atoms with Crippen molar-refractivity contribution in [1.29, 1.82) is 0 Å². The van der Waals surface area contributed by atoms with Gasteiger partial charge in [0.25, 0.3) is 0 Å². The fourth-order valence-electron chi connectivity index (χ4n) is 2.12. The molecule has 1 unspecified atom stereocenters. The van der Waals surface area contributed by atoms with E-state index >= 15 is 0 Å². The molecule has 1 heterocycles. The molecule has 1 aromatic rings. The number of hydrogen-bond acceptors (Lipinski definition) is 4. The number of hydrogen-bond donors (Lipinski definition) is 1. The topological polar surface area (TPSA) is 39.7 Å². The van der Waals surface area contributed by atoms with Gasteiger partial charge in [-0.05, 0) is 26.0 Å². The number of methoxy groups -OCH3 is 1. The van der Waals surface area contributed by atoms with Crippen LogP contribution in [0.5, 0.6) is 5.75 Å². The Balaban J connectivity index is 1.86. The standard InChI is InChI=1S/C14H20ClNO3/c1-14(2)18-9-10(19-14)7-16-8-11-12(15)5-4-6-13(11)17-3/h4-6,10,16H,7-9H2,1-3H3. The van der Waals surface area contributed by atoms with Crippen LogP contribution in [0.25, 0.3) is 0 Å². The van der Waals surface area contributed by atoms with Gasteiger partial charge in [0.2, 0.25) is 0 Å². The molecule has 1 aliphatic rings. The lowest BCUT2D eigenvalue weighted by Crippen LogP contribution is -2.30. The summed E-state index contributed by atoms with van der Waals surface area (Å²) < 4.78 is 16.5. The molecule has 1 aliphatic heterocycles. The minimum absolute atomic E-state index is 0.0727. The molecule has 1 atom stereocenters. The second kappa shape index (κ2) is 6.09. The molecule has 1 saturated heterocycles. The summed E-state index contributed by atoms with van der Waals surface area (Å²) in [5.41, 5.74) is 0.963. The molecular weight excluding hydrogens is 266 g/mol. The molecule has 1 N–H and O–H groups in total. The van der Waals surface area contributed by atoms with Crippen molar-refractivity contribution in [2.75, 3.05) is 20.3 Å². The lowest BCUT2D eigenvalue weighted by molar-refractivity contribution is -0.137. The van der Waals surface area contributed by atoms with E-state index in [2.05, 4.69) is 5.32 Å². The van der Waals surface area contributed by atoms with E-state index < -0.39 is 5.79 Å². The molecule has 1 aromatic carbocycles. The Labute approximate surface area is 119 Å². The summed E-state index contributed by atoms with van der Waals surface area (Å²) in [5.74, 6) is 0.318. The van der Waals surface area contributed by atoms with Crippen LogP contribution < -0.4 is 10.1 Å². The van der Waals surface area contributed by atoms with Crippen LogP contribution in [0.1, 0.15) is 19.4 Å². The van der Waals surface area contributed by atoms with Crippen LogP contribution in [0.15, 0.2) is 18.2 Å². The highest BCUT2D eigenvalue weighted by molar-refractivity contribution is 6.31. The summed E-state index contributed by atoms with van der Waals surface area (Å²) in [5, 5.41) is 4.03. The smallest absolute Gasteiger partial charge is 0.163 e. The summed E-state index contributed by atoms with van der Waals surface area (Å²) in [6.07, 6.45) is 0.0727. The van der Waals surface area contributed by atoms with Gasteiger partial charge in [-0.15, -0.1) is 0 Å². The first kappa shape index (κ1) is 14.6. The highest BCUT2D eigenvalue weighted by atomic mass is 35.5. The Hall–Kier alpha value is -0.810. The molecule has 0 amide bonds. The average molecular weight is 286 g/mol. The average Bonchev–Trinajstić information content (AvgIpc) is 2.71. The maximum atomic E-state index is 6.17. The second-order valence-electron chi connectivity index (χ2n) is 5.00. The molecule has 0 bridgehead atoms. The van der Waals surface area contributed by atoms with E-state index in [0.29, 0.717) is 18.2 Å². The van der Waals surface area contributed by atoms with Crippen molar-refractivity contribution in [3.63, 3.8) is 0 Å². The molecule has 5 heteroatoms. The first-order valence-electron chi connectivity index (χ1n) is 6.36. The summed E-state index contributed by atoms with van der Waals surface area (Å²) >= 11 is 6.17. The van der Waals surface area contributed by atoms with E-state index in [9.17, 15) is 0 Å². The quantitative estimate of drug-likeness (QED) is 0.903. The summed E-state index contributed by atoms with van der Waals surface area (Å²) in [6.45, 7) is 5.81. The summed E-state index contributed by atoms with van der Waals surface area (Å²) in [4.78, 5) is 0. The van der Waals surface area contributed by atoms with Crippen molar-refractivity contribution in [2.45, 2.75) is 32.3 Å². The lowest BCUT2D eigenvalue weighted by Gasteiger charge is -2.17. The lowest BCUT2D eigenvalue weighted by atomic mass is 10.2. The number of ether oxygens (including phenoxy) is 3. The Morgan fingerprint density at radius 3 is 2.89 bits per heavy atom. The fourth-order valence-corrected chi connectivity index (χ4v) is 2.36. The molecule has 1 fully saturated rings. The van der Waals surface area contributed by atoms with Gasteiger partial charge in [0.1, 0.15) is 5.75 Å². The van der Waals surface area contributed by atoms with Crippen molar-refractivity contribution in [1.82, 2.24) is 5.32 Å². The molecule has 0 radical (unpaired) electrons. The number of nitrogens with one attached hydrogen (secondary N) is 1. The first-order chi connectivity index (χ1) is 9.02. The van der Waals surface area contributed by atoms with Crippen molar-refractivity contribution in [2.24, 2.45) is 0 Å². The maximum Gasteiger partial charge on any atom is 0.163 e. The second-order valence-corrected chi connectivity index (χ2v) is 5.41. The third-order valence-electron chi connectivity index (χ3n) is 3.04. The zero-order chi connectivity index (χ0) is 13.9. The molecular formula is C14H20ClNO3. The Bertz CT molecular complexity index is 437. The zero-order valence-corrected chi connectivity index (χ0v) is 12.3. The number of benzene rings is 1. The number of halogens is 1. The van der Waals surface area contributed by atoms with Crippen LogP contribution in [-0.4, -0.2) is 32.2 Å². The fraction of sp³-hybridized carbons (Fsp3) is 0.571. The van der Waals surface area contributed by atoms with Crippen molar-refractivity contribution in [3.05, 3.63) is 28.8 Å². The SMILES string of the molecule is COc1cccc(Cl)c1CNCC1COC(C)(C)O1. The Morgan fingerprint density at radius 2 is 2.26 bits per heavy atom. The molecule has 106 valence electrons. The van der Waals surface area contributed by atoms with Gasteiger partial charge in [-0.1, -0.05) is 17.7 Å². The van der Waals surface area contributed by atoms with Gasteiger partial charge in [-0.25, -0.2) is 0 Å². The number of rotatable bonds is 5. The predicted molar refractivity (Wildman–Crippen MR) is 74.6 cm³/mol. The molecule has 4 nitrogen and oxygen atoms in total. The van der Waals surface area contributed by atoms with Gasteiger partial charge in [-0.2, -0.15) is 0 Å². The van der Waals surface area contributed by atoms with Crippen LogP contribution in [0.3, 0.4) is 0 Å². The van der Waals surface area contributed by atoms with Gasteiger partial charge >= 0.3 is 0 Å². The Kier molecular flexibility index (Phi) is 4.68. The molecule has 0 aliphatic carbocycles. The van der Waals surface area contributed by atoms with Gasteiger partial charge in [0, 0.05) is 23.7 Å². The molecule has 0 spiro atoms. The van der Waals surface area contributed by atoms with Crippen LogP contribution >= 0.6 is 11.6 Å². The highest BCUT2D eigenvalue weighted by Gasteiger charge is 2.32. The Morgan fingerprint density at radius 1 is 1.47 bits per heavy atom. The zero-order valence-electron chi connectivity index (χ0n) is 11.5. The first-order valence-corrected chi connectivity index (χ1v) is 6.73. The molecule has 0 saturated carbocycles. The molecule has 2 rings (SSSR count). The predicted octanol–water partition coefficient (Wildman–Crippen LogP) is 2.59. The van der Waals surface area contributed by atoms with Crippen LogP contribution in [0, 0.1) is 0 Å². The summed E-state index contributed by atoms with van der Waals surface area (Å²) in [7, 11) is 1.64. The minimum atomic E-state index is -0.478. The highest BCUT2D eigenvalue weighted by Crippen LogP contribution is 2.26. The third-order valence-corrected chi connectivity index (χ3v) is 3.39. The monoisotopic (exact) mass is 285 g/mol. The van der Waals surface area contributed by atoms with Crippen molar-refractivity contribution >= 4 is 11.6 Å². The van der Waals surface area contributed by atoms with Gasteiger partial charge in [-0.3, -0.25) is 0 Å².